The summed E-state index contributed by atoms with van der Waals surface area (Å²) >= 11 is 4.85. The summed E-state index contributed by atoms with van der Waals surface area (Å²) in [7, 11) is 0. The number of hydrogen-bond donors (Lipinski definition) is 2. The van der Waals surface area contributed by atoms with Gasteiger partial charge in [-0.05, 0) is 36.4 Å². The van der Waals surface area contributed by atoms with Gasteiger partial charge in [0.25, 0.3) is 0 Å². The Morgan fingerprint density at radius 1 is 1.27 bits per heavy atom. The molecule has 2 aromatic carbocycles. The maximum Gasteiger partial charge on any atom is 0.248 e. The maximum atomic E-state index is 11.1. The number of allylic oxidation sites excluding steroid dienone is 1. The van der Waals surface area contributed by atoms with E-state index < -0.39 is 5.91 Å². The lowest BCUT2D eigenvalue weighted by molar-refractivity contribution is 0.100. The van der Waals surface area contributed by atoms with Gasteiger partial charge in [0.2, 0.25) is 5.91 Å². The van der Waals surface area contributed by atoms with Crippen molar-refractivity contribution >= 4 is 44.4 Å². The molecule has 0 saturated carbocycles. The van der Waals surface area contributed by atoms with E-state index in [1.165, 1.54) is 11.3 Å². The normalized spacial score (nSPS) is 11.0. The maximum absolute atomic E-state index is 11.1. The number of primary amides is 1. The van der Waals surface area contributed by atoms with Crippen LogP contribution in [0.2, 0.25) is 0 Å². The van der Waals surface area contributed by atoms with Gasteiger partial charge in [-0.3, -0.25) is 4.79 Å². The second-order valence-electron chi connectivity index (χ2n) is 5.30. The van der Waals surface area contributed by atoms with E-state index in [9.17, 15) is 10.1 Å². The van der Waals surface area contributed by atoms with Gasteiger partial charge in [0, 0.05) is 32.9 Å². The van der Waals surface area contributed by atoms with Crippen LogP contribution in [0.25, 0.3) is 16.8 Å². The fraction of sp³-hybridized carbons (Fsp3) is 0. The monoisotopic (exact) mass is 424 g/mol. The molecule has 0 radical (unpaired) electrons. The number of thiazole rings is 1. The van der Waals surface area contributed by atoms with E-state index in [2.05, 4.69) is 32.3 Å². The first-order valence-electron chi connectivity index (χ1n) is 7.55. The number of nitrogens with one attached hydrogen (secondary N) is 1. The molecule has 0 bridgehead atoms. The molecule has 1 heterocycles. The third-order valence-corrected chi connectivity index (χ3v) is 4.90. The highest BCUT2D eigenvalue weighted by atomic mass is 79.9. The highest BCUT2D eigenvalue weighted by Gasteiger charge is 2.09. The van der Waals surface area contributed by atoms with Crippen molar-refractivity contribution < 1.29 is 4.79 Å². The SMILES string of the molecule is N#CC(=CNc1ccc(C(N)=O)cc1)c1nc(-c2cccc(Br)c2)cs1. The lowest BCUT2D eigenvalue weighted by Gasteiger charge is -2.02. The molecule has 7 heteroatoms. The molecule has 0 saturated heterocycles. The largest absolute Gasteiger partial charge is 0.366 e. The first kappa shape index (κ1) is 17.9. The third-order valence-electron chi connectivity index (χ3n) is 3.53. The van der Waals surface area contributed by atoms with Crippen LogP contribution in [-0.4, -0.2) is 10.9 Å². The quantitative estimate of drug-likeness (QED) is 0.583. The van der Waals surface area contributed by atoms with E-state index in [0.29, 0.717) is 16.1 Å². The lowest BCUT2D eigenvalue weighted by Crippen LogP contribution is -2.10. The number of nitrogens with two attached hydrogens (primary N) is 1. The van der Waals surface area contributed by atoms with E-state index in [1.807, 2.05) is 29.6 Å². The Kier molecular flexibility index (Phi) is 5.46. The molecule has 3 rings (SSSR count). The first-order valence-corrected chi connectivity index (χ1v) is 9.22. The van der Waals surface area contributed by atoms with E-state index in [4.69, 9.17) is 5.73 Å². The molecule has 128 valence electrons. The number of carbonyl (C=O) groups excluding carboxylic acids is 1. The Labute approximate surface area is 162 Å². The summed E-state index contributed by atoms with van der Waals surface area (Å²) in [5, 5.41) is 15.0. The number of nitriles is 1. The zero-order chi connectivity index (χ0) is 18.5. The Morgan fingerprint density at radius 2 is 2.04 bits per heavy atom. The summed E-state index contributed by atoms with van der Waals surface area (Å²) in [4.78, 5) is 15.6. The minimum atomic E-state index is -0.479. The van der Waals surface area contributed by atoms with Crippen molar-refractivity contribution in [2.45, 2.75) is 0 Å². The van der Waals surface area contributed by atoms with Gasteiger partial charge in [0.1, 0.15) is 16.6 Å². The summed E-state index contributed by atoms with van der Waals surface area (Å²) < 4.78 is 0.974. The van der Waals surface area contributed by atoms with E-state index in [1.54, 1.807) is 30.5 Å². The standard InChI is InChI=1S/C19H13BrN4OS/c20-15-3-1-2-13(8-15)17-11-26-19(24-17)14(9-21)10-23-16-6-4-12(5-7-16)18(22)25/h1-8,10-11,23H,(H2,22,25). The van der Waals surface area contributed by atoms with Crippen LogP contribution in [-0.2, 0) is 0 Å². The van der Waals surface area contributed by atoms with Crippen LogP contribution in [0.15, 0.2) is 64.6 Å². The molecule has 0 fully saturated rings. The predicted molar refractivity (Wildman–Crippen MR) is 107 cm³/mol. The molecule has 1 amide bonds. The Hall–Kier alpha value is -2.95. The smallest absolute Gasteiger partial charge is 0.248 e. The molecule has 3 aromatic rings. The molecule has 0 aliphatic rings. The van der Waals surface area contributed by atoms with E-state index in [0.717, 1.165) is 21.4 Å². The van der Waals surface area contributed by atoms with Crippen molar-refractivity contribution in [3.8, 4) is 17.3 Å². The van der Waals surface area contributed by atoms with Crippen molar-refractivity contribution in [2.24, 2.45) is 5.73 Å². The minimum Gasteiger partial charge on any atom is -0.366 e. The Morgan fingerprint density at radius 3 is 2.69 bits per heavy atom. The average molecular weight is 425 g/mol. The van der Waals surface area contributed by atoms with Gasteiger partial charge in [-0.25, -0.2) is 4.98 Å². The number of nitrogens with zero attached hydrogens (tertiary/aromatic N) is 2. The zero-order valence-electron chi connectivity index (χ0n) is 13.4. The summed E-state index contributed by atoms with van der Waals surface area (Å²) in [6.07, 6.45) is 1.60. The van der Waals surface area contributed by atoms with E-state index in [-0.39, 0.29) is 0 Å². The number of rotatable bonds is 5. The van der Waals surface area contributed by atoms with Crippen LogP contribution < -0.4 is 11.1 Å². The van der Waals surface area contributed by atoms with E-state index >= 15 is 0 Å². The molecule has 26 heavy (non-hydrogen) atoms. The lowest BCUT2D eigenvalue weighted by atomic mass is 10.2. The Balaban J connectivity index is 1.79. The number of benzene rings is 2. The van der Waals surface area contributed by atoms with Crippen LogP contribution in [0.5, 0.6) is 0 Å². The molecule has 3 N–H and O–H groups in total. The van der Waals surface area contributed by atoms with Crippen LogP contribution in [0.1, 0.15) is 15.4 Å². The molecule has 0 unspecified atom stereocenters. The van der Waals surface area contributed by atoms with Gasteiger partial charge < -0.3 is 11.1 Å². The number of aromatic nitrogens is 1. The summed E-state index contributed by atoms with van der Waals surface area (Å²) in [5.74, 6) is -0.479. The van der Waals surface area contributed by atoms with Gasteiger partial charge in [0.15, 0.2) is 0 Å². The van der Waals surface area contributed by atoms with Crippen molar-refractivity contribution in [3.05, 3.63) is 75.2 Å². The number of amides is 1. The molecule has 0 spiro atoms. The number of carbonyl (C=O) groups is 1. The number of halogens is 1. The first-order chi connectivity index (χ1) is 12.6. The summed E-state index contributed by atoms with van der Waals surface area (Å²) in [6, 6.07) is 16.7. The van der Waals surface area contributed by atoms with Gasteiger partial charge >= 0.3 is 0 Å². The van der Waals surface area contributed by atoms with Crippen molar-refractivity contribution in [1.29, 1.82) is 5.26 Å². The van der Waals surface area contributed by atoms with Crippen LogP contribution in [0.4, 0.5) is 5.69 Å². The number of anilines is 1. The van der Waals surface area contributed by atoms with Crippen LogP contribution in [0, 0.1) is 11.3 Å². The highest BCUT2D eigenvalue weighted by Crippen LogP contribution is 2.27. The summed E-state index contributed by atoms with van der Waals surface area (Å²) in [6.45, 7) is 0. The molecule has 0 aliphatic carbocycles. The number of hydrogen-bond acceptors (Lipinski definition) is 5. The molecule has 1 aromatic heterocycles. The predicted octanol–water partition coefficient (Wildman–Crippen LogP) is 4.65. The van der Waals surface area contributed by atoms with Gasteiger partial charge in [-0.15, -0.1) is 11.3 Å². The van der Waals surface area contributed by atoms with Crippen LogP contribution in [0.3, 0.4) is 0 Å². The second kappa shape index (κ2) is 7.95. The van der Waals surface area contributed by atoms with Crippen molar-refractivity contribution in [1.82, 2.24) is 4.98 Å². The van der Waals surface area contributed by atoms with Gasteiger partial charge in [-0.2, -0.15) is 5.26 Å². The second-order valence-corrected chi connectivity index (χ2v) is 7.08. The topological polar surface area (TPSA) is 91.8 Å². The van der Waals surface area contributed by atoms with Gasteiger partial charge in [-0.1, -0.05) is 28.1 Å². The van der Waals surface area contributed by atoms with Crippen molar-refractivity contribution in [3.63, 3.8) is 0 Å². The molecule has 0 aliphatic heterocycles. The fourth-order valence-corrected chi connectivity index (χ4v) is 3.40. The molecular formula is C19H13BrN4OS. The van der Waals surface area contributed by atoms with Crippen LogP contribution >= 0.6 is 27.3 Å². The third kappa shape index (κ3) is 4.17. The summed E-state index contributed by atoms with van der Waals surface area (Å²) in [5.41, 5.74) is 8.62. The van der Waals surface area contributed by atoms with Crippen molar-refractivity contribution in [2.75, 3.05) is 5.32 Å². The van der Waals surface area contributed by atoms with Gasteiger partial charge in [0.05, 0.1) is 5.69 Å². The average Bonchev–Trinajstić information content (AvgIpc) is 3.13. The highest BCUT2D eigenvalue weighted by molar-refractivity contribution is 9.10. The minimum absolute atomic E-state index is 0.426. The zero-order valence-corrected chi connectivity index (χ0v) is 15.8. The molecule has 0 atom stereocenters. The fourth-order valence-electron chi connectivity index (χ4n) is 2.21. The Bertz CT molecular complexity index is 1020. The molecule has 5 nitrogen and oxygen atoms in total. The molecular weight excluding hydrogens is 412 g/mol.